The number of nitrogens with one attached hydrogen (secondary N) is 1. The van der Waals surface area contributed by atoms with E-state index in [9.17, 15) is 8.42 Å². The van der Waals surface area contributed by atoms with Gasteiger partial charge in [0.15, 0.2) is 0 Å². The number of sulfonamides is 1. The number of nitrogens with zero attached hydrogens (tertiary/aromatic N) is 3. The average Bonchev–Trinajstić information content (AvgIpc) is 3.32. The Bertz CT molecular complexity index is 594. The Morgan fingerprint density at radius 2 is 2.00 bits per heavy atom. The van der Waals surface area contributed by atoms with E-state index in [4.69, 9.17) is 5.84 Å². The first-order chi connectivity index (χ1) is 10.1. The number of hydrogen-bond acceptors (Lipinski definition) is 6. The molecule has 7 nitrogen and oxygen atoms in total. The zero-order valence-corrected chi connectivity index (χ0v) is 12.7. The summed E-state index contributed by atoms with van der Waals surface area (Å²) in [6.07, 6.45) is 5.50. The number of aromatic nitrogens is 1. The SMILES string of the molecule is NNc1ccncc1S(=O)(=O)N1CCN(CC2CC2)CC1. The van der Waals surface area contributed by atoms with Crippen LogP contribution in [0.15, 0.2) is 23.4 Å². The molecule has 0 atom stereocenters. The lowest BCUT2D eigenvalue weighted by Gasteiger charge is -2.34. The van der Waals surface area contributed by atoms with Crippen LogP contribution in [0.4, 0.5) is 5.69 Å². The number of nitrogens with two attached hydrogens (primary N) is 1. The Hall–Kier alpha value is -1.22. The van der Waals surface area contributed by atoms with Gasteiger partial charge in [-0.25, -0.2) is 8.42 Å². The van der Waals surface area contributed by atoms with Gasteiger partial charge < -0.3 is 10.3 Å². The first-order valence-corrected chi connectivity index (χ1v) is 8.68. The van der Waals surface area contributed by atoms with Crippen LogP contribution >= 0.6 is 0 Å². The molecule has 1 aromatic rings. The van der Waals surface area contributed by atoms with E-state index in [-0.39, 0.29) is 4.90 Å². The third-order valence-corrected chi connectivity index (χ3v) is 6.03. The van der Waals surface area contributed by atoms with Crippen molar-refractivity contribution in [2.24, 2.45) is 11.8 Å². The highest BCUT2D eigenvalue weighted by Gasteiger charge is 2.32. The first kappa shape index (κ1) is 14.7. The van der Waals surface area contributed by atoms with Crippen LogP contribution in [0.1, 0.15) is 12.8 Å². The van der Waals surface area contributed by atoms with Gasteiger partial charge in [0.25, 0.3) is 0 Å². The maximum absolute atomic E-state index is 12.7. The molecular formula is C13H21N5O2S. The smallest absolute Gasteiger partial charge is 0.246 e. The number of rotatable bonds is 5. The van der Waals surface area contributed by atoms with Crippen LogP contribution < -0.4 is 11.3 Å². The summed E-state index contributed by atoms with van der Waals surface area (Å²) >= 11 is 0. The summed E-state index contributed by atoms with van der Waals surface area (Å²) in [5.74, 6) is 6.22. The number of hydrazine groups is 1. The van der Waals surface area contributed by atoms with Crippen molar-refractivity contribution in [3.05, 3.63) is 18.5 Å². The molecule has 2 fully saturated rings. The number of piperazine rings is 1. The van der Waals surface area contributed by atoms with Crippen LogP contribution in [0, 0.1) is 5.92 Å². The highest BCUT2D eigenvalue weighted by molar-refractivity contribution is 7.89. The predicted octanol–water partition coefficient (Wildman–Crippen LogP) is 0.0835. The molecule has 0 bridgehead atoms. The fourth-order valence-corrected chi connectivity index (χ4v) is 4.18. The number of nitrogen functional groups attached to an aromatic ring is 1. The van der Waals surface area contributed by atoms with Gasteiger partial charge in [-0.3, -0.25) is 10.8 Å². The van der Waals surface area contributed by atoms with E-state index in [0.29, 0.717) is 18.8 Å². The van der Waals surface area contributed by atoms with Crippen molar-refractivity contribution < 1.29 is 8.42 Å². The second kappa shape index (κ2) is 5.88. The standard InChI is InChI=1S/C13H21N5O2S/c14-16-12-3-4-15-9-13(12)21(19,20)18-7-5-17(6-8-18)10-11-1-2-11/h3-4,9,11H,1-2,5-8,10,14H2,(H,15,16). The molecule has 21 heavy (non-hydrogen) atoms. The normalized spacial score (nSPS) is 21.4. The van der Waals surface area contributed by atoms with Gasteiger partial charge in [0.05, 0.1) is 5.69 Å². The van der Waals surface area contributed by atoms with Crippen LogP contribution in [-0.4, -0.2) is 55.3 Å². The number of anilines is 1. The van der Waals surface area contributed by atoms with E-state index in [1.165, 1.54) is 29.5 Å². The Balaban J connectivity index is 1.70. The van der Waals surface area contributed by atoms with E-state index in [1.807, 2.05) is 0 Å². The quantitative estimate of drug-likeness (QED) is 0.591. The lowest BCUT2D eigenvalue weighted by atomic mass is 10.3. The number of pyridine rings is 1. The van der Waals surface area contributed by atoms with Gasteiger partial charge in [0.2, 0.25) is 10.0 Å². The summed E-state index contributed by atoms with van der Waals surface area (Å²) in [6, 6.07) is 1.57. The molecule has 8 heteroatoms. The summed E-state index contributed by atoms with van der Waals surface area (Å²) in [7, 11) is -3.54. The molecule has 1 aliphatic carbocycles. The third kappa shape index (κ3) is 3.18. The molecule has 2 aliphatic rings. The molecule has 116 valence electrons. The summed E-state index contributed by atoms with van der Waals surface area (Å²) in [4.78, 5) is 6.40. The third-order valence-electron chi connectivity index (χ3n) is 4.10. The molecule has 1 saturated carbocycles. The van der Waals surface area contributed by atoms with E-state index in [1.54, 1.807) is 6.07 Å². The van der Waals surface area contributed by atoms with Crippen LogP contribution in [0.3, 0.4) is 0 Å². The minimum atomic E-state index is -3.54. The maximum Gasteiger partial charge on any atom is 0.246 e. The van der Waals surface area contributed by atoms with Crippen molar-refractivity contribution in [1.29, 1.82) is 0 Å². The lowest BCUT2D eigenvalue weighted by Crippen LogP contribution is -2.49. The first-order valence-electron chi connectivity index (χ1n) is 7.24. The fraction of sp³-hybridized carbons (Fsp3) is 0.615. The summed E-state index contributed by atoms with van der Waals surface area (Å²) in [5, 5.41) is 0. The van der Waals surface area contributed by atoms with Crippen molar-refractivity contribution in [3.63, 3.8) is 0 Å². The Labute approximate surface area is 125 Å². The lowest BCUT2D eigenvalue weighted by molar-refractivity contribution is 0.182. The van der Waals surface area contributed by atoms with Gasteiger partial charge in [-0.05, 0) is 24.8 Å². The van der Waals surface area contributed by atoms with Gasteiger partial charge in [0, 0.05) is 45.1 Å². The zero-order valence-electron chi connectivity index (χ0n) is 11.9. The predicted molar refractivity (Wildman–Crippen MR) is 80.0 cm³/mol. The van der Waals surface area contributed by atoms with Crippen LogP contribution in [-0.2, 0) is 10.0 Å². The molecule has 0 amide bonds. The van der Waals surface area contributed by atoms with Gasteiger partial charge in [0.1, 0.15) is 4.90 Å². The second-order valence-electron chi connectivity index (χ2n) is 5.66. The molecular weight excluding hydrogens is 290 g/mol. The molecule has 1 aliphatic heterocycles. The fourth-order valence-electron chi connectivity index (χ4n) is 2.66. The van der Waals surface area contributed by atoms with Crippen molar-refractivity contribution >= 4 is 15.7 Å². The molecule has 1 saturated heterocycles. The van der Waals surface area contributed by atoms with Crippen molar-refractivity contribution in [1.82, 2.24) is 14.2 Å². The van der Waals surface area contributed by atoms with E-state index >= 15 is 0 Å². The van der Waals surface area contributed by atoms with Crippen molar-refractivity contribution in [2.45, 2.75) is 17.7 Å². The van der Waals surface area contributed by atoms with E-state index < -0.39 is 10.0 Å². The minimum Gasteiger partial charge on any atom is -0.323 e. The molecule has 3 N–H and O–H groups in total. The zero-order chi connectivity index (χ0) is 14.9. The Kier molecular flexibility index (Phi) is 4.12. The average molecular weight is 311 g/mol. The highest BCUT2D eigenvalue weighted by atomic mass is 32.2. The Morgan fingerprint density at radius 3 is 2.62 bits per heavy atom. The molecule has 1 aromatic heterocycles. The monoisotopic (exact) mass is 311 g/mol. The highest BCUT2D eigenvalue weighted by Crippen LogP contribution is 2.30. The second-order valence-corrected chi connectivity index (χ2v) is 7.57. The van der Waals surface area contributed by atoms with Crippen LogP contribution in [0.2, 0.25) is 0 Å². The maximum atomic E-state index is 12.7. The molecule has 2 heterocycles. The van der Waals surface area contributed by atoms with Crippen molar-refractivity contribution in [3.8, 4) is 0 Å². The summed E-state index contributed by atoms with van der Waals surface area (Å²) < 4.78 is 26.9. The largest absolute Gasteiger partial charge is 0.323 e. The van der Waals surface area contributed by atoms with Gasteiger partial charge in [-0.15, -0.1) is 0 Å². The molecule has 0 spiro atoms. The number of hydrogen-bond donors (Lipinski definition) is 2. The van der Waals surface area contributed by atoms with Gasteiger partial charge >= 0.3 is 0 Å². The van der Waals surface area contributed by atoms with Gasteiger partial charge in [-0.1, -0.05) is 0 Å². The molecule has 0 unspecified atom stereocenters. The molecule has 0 radical (unpaired) electrons. The molecule has 3 rings (SSSR count). The summed E-state index contributed by atoms with van der Waals surface area (Å²) in [6.45, 7) is 3.74. The summed E-state index contributed by atoms with van der Waals surface area (Å²) in [5.41, 5.74) is 2.81. The topological polar surface area (TPSA) is 91.6 Å². The molecule has 0 aromatic carbocycles. The van der Waals surface area contributed by atoms with E-state index in [2.05, 4.69) is 15.3 Å². The Morgan fingerprint density at radius 1 is 1.29 bits per heavy atom. The van der Waals surface area contributed by atoms with Gasteiger partial charge in [-0.2, -0.15) is 4.31 Å². The van der Waals surface area contributed by atoms with Crippen molar-refractivity contribution in [2.75, 3.05) is 38.1 Å². The van der Waals surface area contributed by atoms with Crippen LogP contribution in [0.25, 0.3) is 0 Å². The van der Waals surface area contributed by atoms with Crippen LogP contribution in [0.5, 0.6) is 0 Å². The minimum absolute atomic E-state index is 0.142. The van der Waals surface area contributed by atoms with E-state index in [0.717, 1.165) is 25.6 Å².